The number of urea groups is 1. The molecule has 2 aliphatic heterocycles. The molecule has 0 spiro atoms. The van der Waals surface area contributed by atoms with Gasteiger partial charge in [-0.15, -0.1) is 0 Å². The quantitative estimate of drug-likeness (QED) is 0.486. The Balaban J connectivity index is 1.21. The van der Waals surface area contributed by atoms with E-state index >= 15 is 0 Å². The Kier molecular flexibility index (Phi) is 5.40. The largest absolute Gasteiger partial charge is 0.497 e. The van der Waals surface area contributed by atoms with Crippen LogP contribution in [0.15, 0.2) is 18.2 Å². The molecule has 2 aliphatic rings. The maximum absolute atomic E-state index is 12.2. The van der Waals surface area contributed by atoms with Crippen LogP contribution in [0.1, 0.15) is 25.7 Å². The zero-order valence-electron chi connectivity index (χ0n) is 15.0. The zero-order chi connectivity index (χ0) is 18.8. The first-order valence-electron chi connectivity index (χ1n) is 9.05. The van der Waals surface area contributed by atoms with Crippen LogP contribution < -0.4 is 20.7 Å². The number of anilines is 1. The minimum atomic E-state index is -0.0527. The summed E-state index contributed by atoms with van der Waals surface area (Å²) in [6.45, 7) is 0. The molecule has 0 aliphatic carbocycles. The second-order valence-corrected chi connectivity index (χ2v) is 9.07. The van der Waals surface area contributed by atoms with Gasteiger partial charge in [-0.1, -0.05) is 17.8 Å². The molecule has 4 rings (SSSR count). The number of unbranched alkanes of at least 4 members (excludes halogenated alkanes) is 1. The van der Waals surface area contributed by atoms with Gasteiger partial charge in [-0.05, 0) is 31.0 Å². The first-order valence-corrected chi connectivity index (χ1v) is 10.9. The normalized spacial score (nSPS) is 23.7. The molecule has 0 saturated carbocycles. The third kappa shape index (κ3) is 4.14. The molecule has 7 nitrogen and oxygen atoms in total. The molecule has 2 aromatic rings. The number of aromatic nitrogens is 1. The number of thiazole rings is 1. The van der Waals surface area contributed by atoms with Crippen molar-refractivity contribution in [1.29, 1.82) is 0 Å². The number of rotatable bonds is 7. The molecule has 3 unspecified atom stereocenters. The number of nitrogens with one attached hydrogen (secondary N) is 3. The molecule has 3 N–H and O–H groups in total. The fourth-order valence-electron chi connectivity index (χ4n) is 3.54. The Hall–Kier alpha value is -2.00. The predicted molar refractivity (Wildman–Crippen MR) is 109 cm³/mol. The van der Waals surface area contributed by atoms with E-state index in [1.807, 2.05) is 30.0 Å². The van der Waals surface area contributed by atoms with Gasteiger partial charge in [0.15, 0.2) is 5.13 Å². The number of hydrogen-bond donors (Lipinski definition) is 3. The number of ether oxygens (including phenoxy) is 1. The van der Waals surface area contributed by atoms with Gasteiger partial charge < -0.3 is 20.7 Å². The summed E-state index contributed by atoms with van der Waals surface area (Å²) in [7, 11) is 1.63. The number of methoxy groups -OCH3 is 1. The van der Waals surface area contributed by atoms with Crippen molar-refractivity contribution in [3.63, 3.8) is 0 Å². The molecule has 1 aromatic carbocycles. The van der Waals surface area contributed by atoms with Gasteiger partial charge in [0.25, 0.3) is 0 Å². The Morgan fingerprint density at radius 2 is 2.26 bits per heavy atom. The van der Waals surface area contributed by atoms with Crippen molar-refractivity contribution in [2.24, 2.45) is 0 Å². The molecule has 27 heavy (non-hydrogen) atoms. The number of carbonyl (C=O) groups is 2. The Bertz CT molecular complexity index is 856. The molecule has 144 valence electrons. The van der Waals surface area contributed by atoms with Gasteiger partial charge in [0.05, 0.1) is 29.4 Å². The molecule has 2 saturated heterocycles. The summed E-state index contributed by atoms with van der Waals surface area (Å²) in [5.74, 6) is 1.75. The molecular weight excluding hydrogens is 384 g/mol. The third-order valence-electron chi connectivity index (χ3n) is 4.92. The van der Waals surface area contributed by atoms with E-state index in [-0.39, 0.29) is 24.0 Å². The highest BCUT2D eigenvalue weighted by atomic mass is 32.2. The molecule has 3 amide bonds. The highest BCUT2D eigenvalue weighted by Gasteiger charge is 2.42. The first kappa shape index (κ1) is 18.4. The molecule has 1 aromatic heterocycles. The number of carbonyl (C=O) groups excluding carboxylic acids is 2. The van der Waals surface area contributed by atoms with E-state index in [1.165, 1.54) is 11.3 Å². The third-order valence-corrected chi connectivity index (χ3v) is 7.36. The van der Waals surface area contributed by atoms with Crippen LogP contribution in [0.5, 0.6) is 5.75 Å². The molecule has 0 bridgehead atoms. The maximum Gasteiger partial charge on any atom is 0.315 e. The van der Waals surface area contributed by atoms with Gasteiger partial charge in [-0.25, -0.2) is 9.78 Å². The van der Waals surface area contributed by atoms with Crippen LogP contribution in [-0.4, -0.2) is 47.1 Å². The minimum absolute atomic E-state index is 0.00573. The Labute approximate surface area is 165 Å². The number of nitrogens with zero attached hydrogens (tertiary/aromatic N) is 1. The standard InChI is InChI=1S/C18H22N4O3S2/c1-25-10-6-7-11-14(8-10)27-18(20-11)21-15(23)5-3-2-4-13-16-12(9-26-13)19-17(24)22-16/h6-8,12-13,16H,2-5,9H2,1H3,(H2,19,22,24)(H,20,21,23). The summed E-state index contributed by atoms with van der Waals surface area (Å²) in [5.41, 5.74) is 0.858. The monoisotopic (exact) mass is 406 g/mol. The summed E-state index contributed by atoms with van der Waals surface area (Å²) in [4.78, 5) is 28.0. The van der Waals surface area contributed by atoms with Crippen molar-refractivity contribution >= 4 is 50.4 Å². The first-order chi connectivity index (χ1) is 13.1. The SMILES string of the molecule is COc1ccc2nc(NC(=O)CCCCC3SCC4NC(=O)NC43)sc2c1. The number of thioether (sulfide) groups is 1. The Morgan fingerprint density at radius 3 is 3.11 bits per heavy atom. The molecule has 3 atom stereocenters. The highest BCUT2D eigenvalue weighted by Crippen LogP contribution is 2.33. The highest BCUT2D eigenvalue weighted by molar-refractivity contribution is 8.00. The van der Waals surface area contributed by atoms with E-state index in [0.29, 0.717) is 16.8 Å². The van der Waals surface area contributed by atoms with Crippen molar-refractivity contribution in [2.45, 2.75) is 43.0 Å². The topological polar surface area (TPSA) is 92.3 Å². The molecule has 0 radical (unpaired) electrons. The van der Waals surface area contributed by atoms with Gasteiger partial charge in [-0.2, -0.15) is 11.8 Å². The lowest BCUT2D eigenvalue weighted by Gasteiger charge is -2.16. The van der Waals surface area contributed by atoms with E-state index < -0.39 is 0 Å². The molecule has 9 heteroatoms. The van der Waals surface area contributed by atoms with Crippen LogP contribution >= 0.6 is 23.1 Å². The summed E-state index contributed by atoms with van der Waals surface area (Å²) < 4.78 is 6.21. The maximum atomic E-state index is 12.2. The summed E-state index contributed by atoms with van der Waals surface area (Å²) >= 11 is 3.36. The molecule has 2 fully saturated rings. The molecular formula is C18H22N4O3S2. The lowest BCUT2D eigenvalue weighted by atomic mass is 10.0. The molecule has 3 heterocycles. The van der Waals surface area contributed by atoms with Crippen molar-refractivity contribution in [2.75, 3.05) is 18.2 Å². The second kappa shape index (κ2) is 7.93. The average Bonchev–Trinajstić information content (AvgIpc) is 3.31. The Morgan fingerprint density at radius 1 is 1.37 bits per heavy atom. The van der Waals surface area contributed by atoms with Gasteiger partial charge in [-0.3, -0.25) is 4.79 Å². The van der Waals surface area contributed by atoms with Crippen LogP contribution in [0.3, 0.4) is 0 Å². The number of amides is 3. The van der Waals surface area contributed by atoms with E-state index in [1.54, 1.807) is 7.11 Å². The van der Waals surface area contributed by atoms with Crippen molar-refractivity contribution < 1.29 is 14.3 Å². The number of hydrogen-bond acceptors (Lipinski definition) is 6. The predicted octanol–water partition coefficient (Wildman–Crippen LogP) is 2.97. The number of benzene rings is 1. The van der Waals surface area contributed by atoms with Crippen LogP contribution in [0, 0.1) is 0 Å². The van der Waals surface area contributed by atoms with E-state index in [9.17, 15) is 9.59 Å². The van der Waals surface area contributed by atoms with Crippen LogP contribution in [-0.2, 0) is 4.79 Å². The van der Waals surface area contributed by atoms with Crippen LogP contribution in [0.25, 0.3) is 10.2 Å². The van der Waals surface area contributed by atoms with Crippen LogP contribution in [0.2, 0.25) is 0 Å². The van der Waals surface area contributed by atoms with Gasteiger partial charge in [0.1, 0.15) is 5.75 Å². The van der Waals surface area contributed by atoms with Gasteiger partial charge >= 0.3 is 6.03 Å². The van der Waals surface area contributed by atoms with Crippen molar-refractivity contribution in [3.05, 3.63) is 18.2 Å². The van der Waals surface area contributed by atoms with E-state index in [2.05, 4.69) is 20.9 Å². The van der Waals surface area contributed by atoms with Gasteiger partial charge in [0.2, 0.25) is 5.91 Å². The fraction of sp³-hybridized carbons (Fsp3) is 0.500. The smallest absolute Gasteiger partial charge is 0.315 e. The van der Waals surface area contributed by atoms with Crippen molar-refractivity contribution in [1.82, 2.24) is 15.6 Å². The summed E-state index contributed by atoms with van der Waals surface area (Å²) in [6.07, 6.45) is 3.30. The van der Waals surface area contributed by atoms with Crippen molar-refractivity contribution in [3.8, 4) is 5.75 Å². The van der Waals surface area contributed by atoms with E-state index in [4.69, 9.17) is 4.74 Å². The summed E-state index contributed by atoms with van der Waals surface area (Å²) in [6, 6.07) is 6.12. The minimum Gasteiger partial charge on any atom is -0.497 e. The van der Waals surface area contributed by atoms with Gasteiger partial charge in [0, 0.05) is 17.4 Å². The van der Waals surface area contributed by atoms with Crippen LogP contribution in [0.4, 0.5) is 9.93 Å². The number of fused-ring (bicyclic) bond motifs is 2. The second-order valence-electron chi connectivity index (χ2n) is 6.77. The zero-order valence-corrected chi connectivity index (χ0v) is 16.6. The fourth-order valence-corrected chi connectivity index (χ4v) is 6.00. The van der Waals surface area contributed by atoms with E-state index in [0.717, 1.165) is 41.0 Å². The lowest BCUT2D eigenvalue weighted by Crippen LogP contribution is -2.36. The average molecular weight is 407 g/mol. The summed E-state index contributed by atoms with van der Waals surface area (Å²) in [5, 5.41) is 9.91. The lowest BCUT2D eigenvalue weighted by molar-refractivity contribution is -0.116.